The van der Waals surface area contributed by atoms with E-state index in [0.717, 1.165) is 15.3 Å². The first-order valence-corrected chi connectivity index (χ1v) is 9.63. The lowest BCUT2D eigenvalue weighted by Gasteiger charge is -2.20. The summed E-state index contributed by atoms with van der Waals surface area (Å²) in [7, 11) is -3.50. The summed E-state index contributed by atoms with van der Waals surface area (Å²) in [5.74, 6) is 1.36. The van der Waals surface area contributed by atoms with E-state index < -0.39 is 10.0 Å². The topological polar surface area (TPSA) is 55.8 Å². The zero-order valence-electron chi connectivity index (χ0n) is 13.3. The van der Waals surface area contributed by atoms with Gasteiger partial charge in [-0.15, -0.1) is 11.3 Å². The molecule has 0 aliphatic carbocycles. The van der Waals surface area contributed by atoms with Crippen LogP contribution in [0.1, 0.15) is 22.2 Å². The fourth-order valence-corrected chi connectivity index (χ4v) is 5.57. The first-order valence-electron chi connectivity index (χ1n) is 7.37. The third kappa shape index (κ3) is 3.08. The molecule has 0 fully saturated rings. The molecule has 0 amide bonds. The molecular weight excluding hydrogens is 334 g/mol. The number of ether oxygens (including phenoxy) is 2. The van der Waals surface area contributed by atoms with E-state index in [0.29, 0.717) is 29.5 Å². The molecule has 0 atom stereocenters. The lowest BCUT2D eigenvalue weighted by Crippen LogP contribution is -2.30. The summed E-state index contributed by atoms with van der Waals surface area (Å²) < 4.78 is 38.0. The molecule has 2 heterocycles. The number of rotatable bonds is 5. The molecule has 3 rings (SSSR count). The molecular formula is C16H19NO4S2. The van der Waals surface area contributed by atoms with Crippen molar-refractivity contribution in [3.63, 3.8) is 0 Å². The Hall–Kier alpha value is -1.57. The average molecular weight is 353 g/mol. The Labute approximate surface area is 140 Å². The number of aryl methyl sites for hydroxylation is 2. The van der Waals surface area contributed by atoms with Crippen molar-refractivity contribution in [1.29, 1.82) is 0 Å². The van der Waals surface area contributed by atoms with Crippen molar-refractivity contribution >= 4 is 21.4 Å². The predicted molar refractivity (Wildman–Crippen MR) is 89.6 cm³/mol. The molecule has 0 radical (unpaired) electrons. The SMILES string of the molecule is CCN(Cc1ccc2c(c1)OCO2)S(=O)(=O)c1cc(C)sc1C. The van der Waals surface area contributed by atoms with Crippen molar-refractivity contribution < 1.29 is 17.9 Å². The Balaban J connectivity index is 1.89. The van der Waals surface area contributed by atoms with Crippen molar-refractivity contribution in [2.75, 3.05) is 13.3 Å². The highest BCUT2D eigenvalue weighted by atomic mass is 32.2. The molecule has 2 aromatic rings. The molecule has 1 aromatic carbocycles. The molecule has 1 aliphatic rings. The quantitative estimate of drug-likeness (QED) is 0.827. The van der Waals surface area contributed by atoms with Gasteiger partial charge in [-0.25, -0.2) is 8.42 Å². The molecule has 0 saturated carbocycles. The van der Waals surface area contributed by atoms with Crippen LogP contribution in [0.4, 0.5) is 0 Å². The van der Waals surface area contributed by atoms with E-state index in [2.05, 4.69) is 0 Å². The van der Waals surface area contributed by atoms with E-state index in [4.69, 9.17) is 9.47 Å². The van der Waals surface area contributed by atoms with Crippen LogP contribution in [0.3, 0.4) is 0 Å². The first kappa shape index (κ1) is 16.3. The van der Waals surface area contributed by atoms with Gasteiger partial charge in [-0.2, -0.15) is 4.31 Å². The van der Waals surface area contributed by atoms with Crippen LogP contribution in [0.15, 0.2) is 29.2 Å². The van der Waals surface area contributed by atoms with Crippen molar-refractivity contribution in [2.24, 2.45) is 0 Å². The van der Waals surface area contributed by atoms with Crippen LogP contribution in [0.25, 0.3) is 0 Å². The molecule has 124 valence electrons. The summed E-state index contributed by atoms with van der Waals surface area (Å²) in [6.45, 7) is 6.54. The Bertz CT molecular complexity index is 827. The zero-order chi connectivity index (χ0) is 16.6. The lowest BCUT2D eigenvalue weighted by molar-refractivity contribution is 0.174. The van der Waals surface area contributed by atoms with Gasteiger partial charge in [0.15, 0.2) is 11.5 Å². The van der Waals surface area contributed by atoms with Gasteiger partial charge in [0.05, 0.1) is 4.90 Å². The highest BCUT2D eigenvalue weighted by Crippen LogP contribution is 2.34. The Kier molecular flexibility index (Phi) is 4.35. The maximum absolute atomic E-state index is 12.9. The average Bonchev–Trinajstić information content (AvgIpc) is 3.10. The number of fused-ring (bicyclic) bond motifs is 1. The summed E-state index contributed by atoms with van der Waals surface area (Å²) in [5.41, 5.74) is 0.879. The fourth-order valence-electron chi connectivity index (χ4n) is 2.61. The molecule has 0 spiro atoms. The summed E-state index contributed by atoms with van der Waals surface area (Å²) in [6.07, 6.45) is 0. The standard InChI is InChI=1S/C16H19NO4S2/c1-4-17(23(18,19)16-7-11(2)22-12(16)3)9-13-5-6-14-15(8-13)21-10-20-14/h5-8H,4,9-10H2,1-3H3. The highest BCUT2D eigenvalue weighted by molar-refractivity contribution is 7.89. The molecule has 0 unspecified atom stereocenters. The Morgan fingerprint density at radius 1 is 1.17 bits per heavy atom. The Morgan fingerprint density at radius 3 is 2.57 bits per heavy atom. The second-order valence-corrected chi connectivity index (χ2v) is 8.76. The molecule has 23 heavy (non-hydrogen) atoms. The van der Waals surface area contributed by atoms with Gasteiger partial charge in [0, 0.05) is 22.8 Å². The minimum atomic E-state index is -3.50. The van der Waals surface area contributed by atoms with Crippen molar-refractivity contribution in [3.8, 4) is 11.5 Å². The molecule has 0 bridgehead atoms. The zero-order valence-corrected chi connectivity index (χ0v) is 15.0. The number of thiophene rings is 1. The molecule has 1 aliphatic heterocycles. The fraction of sp³-hybridized carbons (Fsp3) is 0.375. The normalized spacial score (nSPS) is 13.7. The molecule has 0 N–H and O–H groups in total. The van der Waals surface area contributed by atoms with Crippen molar-refractivity contribution in [2.45, 2.75) is 32.2 Å². The van der Waals surface area contributed by atoms with Crippen molar-refractivity contribution in [3.05, 3.63) is 39.6 Å². The maximum atomic E-state index is 12.9. The summed E-state index contributed by atoms with van der Waals surface area (Å²) >= 11 is 1.50. The number of hydrogen-bond acceptors (Lipinski definition) is 5. The van der Waals surface area contributed by atoms with Crippen molar-refractivity contribution in [1.82, 2.24) is 4.31 Å². The van der Waals surface area contributed by atoms with E-state index in [1.807, 2.05) is 39.0 Å². The van der Waals surface area contributed by atoms with Gasteiger partial charge < -0.3 is 9.47 Å². The van der Waals surface area contributed by atoms with E-state index in [1.54, 1.807) is 6.07 Å². The van der Waals surface area contributed by atoms with Crippen LogP contribution in [0.2, 0.25) is 0 Å². The third-order valence-corrected chi connectivity index (χ3v) is 6.90. The third-order valence-electron chi connectivity index (χ3n) is 3.76. The van der Waals surface area contributed by atoms with Crippen LogP contribution >= 0.6 is 11.3 Å². The largest absolute Gasteiger partial charge is 0.454 e. The predicted octanol–water partition coefficient (Wildman–Crippen LogP) is 3.30. The number of sulfonamides is 1. The Morgan fingerprint density at radius 2 is 1.91 bits per heavy atom. The van der Waals surface area contributed by atoms with Crippen LogP contribution < -0.4 is 9.47 Å². The van der Waals surface area contributed by atoms with Gasteiger partial charge in [0.25, 0.3) is 0 Å². The van der Waals surface area contributed by atoms with Crippen LogP contribution in [-0.4, -0.2) is 26.1 Å². The highest BCUT2D eigenvalue weighted by Gasteiger charge is 2.27. The minimum absolute atomic E-state index is 0.210. The van der Waals surface area contributed by atoms with Gasteiger partial charge in [-0.3, -0.25) is 0 Å². The van der Waals surface area contributed by atoms with E-state index in [-0.39, 0.29) is 6.79 Å². The van der Waals surface area contributed by atoms with E-state index in [9.17, 15) is 8.42 Å². The van der Waals surface area contributed by atoms with Gasteiger partial charge >= 0.3 is 0 Å². The minimum Gasteiger partial charge on any atom is -0.454 e. The monoisotopic (exact) mass is 353 g/mol. The van der Waals surface area contributed by atoms with Crippen LogP contribution in [0.5, 0.6) is 11.5 Å². The van der Waals surface area contributed by atoms with Gasteiger partial charge in [0.2, 0.25) is 16.8 Å². The molecule has 7 heteroatoms. The number of benzene rings is 1. The number of hydrogen-bond donors (Lipinski definition) is 0. The number of nitrogens with zero attached hydrogens (tertiary/aromatic N) is 1. The second-order valence-electron chi connectivity index (χ2n) is 5.40. The van der Waals surface area contributed by atoms with E-state index in [1.165, 1.54) is 15.6 Å². The lowest BCUT2D eigenvalue weighted by atomic mass is 10.2. The van der Waals surface area contributed by atoms with Gasteiger partial charge in [-0.1, -0.05) is 13.0 Å². The molecule has 5 nitrogen and oxygen atoms in total. The van der Waals surface area contributed by atoms with Gasteiger partial charge in [0.1, 0.15) is 0 Å². The molecule has 1 aromatic heterocycles. The van der Waals surface area contributed by atoms with Crippen LogP contribution in [0, 0.1) is 13.8 Å². The summed E-state index contributed by atoms with van der Waals surface area (Å²) in [5, 5.41) is 0. The maximum Gasteiger partial charge on any atom is 0.244 e. The second kappa shape index (κ2) is 6.14. The first-order chi connectivity index (χ1) is 10.9. The van der Waals surface area contributed by atoms with E-state index >= 15 is 0 Å². The summed E-state index contributed by atoms with van der Waals surface area (Å²) in [6, 6.07) is 7.28. The molecule has 0 saturated heterocycles. The smallest absolute Gasteiger partial charge is 0.244 e. The van der Waals surface area contributed by atoms with Gasteiger partial charge in [-0.05, 0) is 37.6 Å². The van der Waals surface area contributed by atoms with Crippen LogP contribution in [-0.2, 0) is 16.6 Å². The summed E-state index contributed by atoms with van der Waals surface area (Å²) in [4.78, 5) is 2.23.